The molecule has 1 aliphatic rings. The largest absolute Gasteiger partial charge is 0.433 e. The van der Waals surface area contributed by atoms with Gasteiger partial charge in [-0.25, -0.2) is 0 Å². The van der Waals surface area contributed by atoms with Gasteiger partial charge in [0.15, 0.2) is 0 Å². The molecular formula is C14H23F3N2O. The molecule has 0 amide bonds. The summed E-state index contributed by atoms with van der Waals surface area (Å²) in [6, 6.07) is 1.14. The standard InChI is InChI=1S/C12H17F3N2O.C2H6/c1-2-10-6-11(12(13,14)15)17(16-10)7-9-4-3-5-18-8-9;1-2/h6,9H,2-5,7-8H2,1H3;1-2H3. The highest BCUT2D eigenvalue weighted by Crippen LogP contribution is 2.31. The van der Waals surface area contributed by atoms with Crippen LogP contribution in [0, 0.1) is 5.92 Å². The highest BCUT2D eigenvalue weighted by Gasteiger charge is 2.36. The van der Waals surface area contributed by atoms with Crippen LogP contribution >= 0.6 is 0 Å². The smallest absolute Gasteiger partial charge is 0.381 e. The molecule has 1 aromatic heterocycles. The number of rotatable bonds is 3. The summed E-state index contributed by atoms with van der Waals surface area (Å²) >= 11 is 0. The Kier molecular flexibility index (Phi) is 6.52. The molecule has 0 N–H and O–H groups in total. The summed E-state index contributed by atoms with van der Waals surface area (Å²) in [7, 11) is 0. The van der Waals surface area contributed by atoms with Crippen LogP contribution in [0.4, 0.5) is 13.2 Å². The van der Waals surface area contributed by atoms with E-state index >= 15 is 0 Å². The van der Waals surface area contributed by atoms with Gasteiger partial charge in [-0.15, -0.1) is 0 Å². The van der Waals surface area contributed by atoms with Crippen molar-refractivity contribution in [2.75, 3.05) is 13.2 Å². The molecule has 116 valence electrons. The molecule has 2 rings (SSSR count). The van der Waals surface area contributed by atoms with Crippen LogP contribution in [-0.4, -0.2) is 23.0 Å². The summed E-state index contributed by atoms with van der Waals surface area (Å²) in [5.74, 6) is 0.129. The Balaban J connectivity index is 0.000000956. The number of halogens is 3. The minimum atomic E-state index is -4.34. The maximum atomic E-state index is 12.9. The zero-order valence-electron chi connectivity index (χ0n) is 12.3. The van der Waals surface area contributed by atoms with Crippen molar-refractivity contribution < 1.29 is 17.9 Å². The molecule has 0 spiro atoms. The van der Waals surface area contributed by atoms with Crippen molar-refractivity contribution in [3.8, 4) is 0 Å². The third-order valence-corrected chi connectivity index (χ3v) is 3.17. The fraction of sp³-hybridized carbons (Fsp3) is 0.786. The predicted octanol–water partition coefficient (Wildman–Crippen LogP) is 3.92. The lowest BCUT2D eigenvalue weighted by atomic mass is 10.0. The summed E-state index contributed by atoms with van der Waals surface area (Å²) in [5, 5.41) is 4.03. The third kappa shape index (κ3) is 4.51. The van der Waals surface area contributed by atoms with Crippen molar-refractivity contribution in [3.05, 3.63) is 17.5 Å². The maximum absolute atomic E-state index is 12.9. The van der Waals surface area contributed by atoms with Crippen LogP contribution in [0.25, 0.3) is 0 Å². The highest BCUT2D eigenvalue weighted by atomic mass is 19.4. The average Bonchev–Trinajstić information content (AvgIpc) is 2.85. The molecule has 1 aliphatic heterocycles. The molecule has 1 unspecified atom stereocenters. The predicted molar refractivity (Wildman–Crippen MR) is 71.5 cm³/mol. The molecule has 0 bridgehead atoms. The first-order valence-electron chi connectivity index (χ1n) is 7.22. The van der Waals surface area contributed by atoms with Crippen LogP contribution in [-0.2, 0) is 23.9 Å². The number of nitrogens with zero attached hydrogens (tertiary/aromatic N) is 2. The summed E-state index contributed by atoms with van der Waals surface area (Å²) in [4.78, 5) is 0. The Morgan fingerprint density at radius 1 is 1.40 bits per heavy atom. The minimum Gasteiger partial charge on any atom is -0.381 e. The van der Waals surface area contributed by atoms with E-state index in [9.17, 15) is 13.2 Å². The van der Waals surface area contributed by atoms with Gasteiger partial charge in [0, 0.05) is 19.1 Å². The first kappa shape index (κ1) is 17.0. The molecule has 1 aromatic rings. The van der Waals surface area contributed by atoms with Gasteiger partial charge < -0.3 is 4.74 Å². The number of aromatic nitrogens is 2. The van der Waals surface area contributed by atoms with Crippen molar-refractivity contribution in [2.45, 2.75) is 52.8 Å². The Morgan fingerprint density at radius 2 is 2.10 bits per heavy atom. The topological polar surface area (TPSA) is 27.1 Å². The van der Waals surface area contributed by atoms with E-state index in [-0.39, 0.29) is 12.5 Å². The molecule has 3 nitrogen and oxygen atoms in total. The van der Waals surface area contributed by atoms with E-state index in [2.05, 4.69) is 5.10 Å². The van der Waals surface area contributed by atoms with E-state index < -0.39 is 11.9 Å². The molecule has 1 saturated heterocycles. The minimum absolute atomic E-state index is 0.129. The van der Waals surface area contributed by atoms with Gasteiger partial charge in [-0.05, 0) is 25.3 Å². The van der Waals surface area contributed by atoms with Crippen molar-refractivity contribution in [2.24, 2.45) is 5.92 Å². The molecule has 20 heavy (non-hydrogen) atoms. The number of hydrogen-bond donors (Lipinski definition) is 0. The zero-order chi connectivity index (χ0) is 15.2. The molecule has 1 atom stereocenters. The van der Waals surface area contributed by atoms with Crippen molar-refractivity contribution in [1.82, 2.24) is 9.78 Å². The Morgan fingerprint density at radius 3 is 2.60 bits per heavy atom. The molecule has 2 heterocycles. The van der Waals surface area contributed by atoms with Crippen LogP contribution in [0.3, 0.4) is 0 Å². The van der Waals surface area contributed by atoms with E-state index in [0.717, 1.165) is 23.6 Å². The normalized spacial score (nSPS) is 19.4. The van der Waals surface area contributed by atoms with Gasteiger partial charge in [0.1, 0.15) is 5.69 Å². The lowest BCUT2D eigenvalue weighted by Gasteiger charge is -2.23. The Hall–Kier alpha value is -1.04. The van der Waals surface area contributed by atoms with Crippen LogP contribution < -0.4 is 0 Å². The SMILES string of the molecule is CC.CCc1cc(C(F)(F)F)n(CC2CCCOC2)n1. The first-order chi connectivity index (χ1) is 9.50. The van der Waals surface area contributed by atoms with Crippen LogP contribution in [0.15, 0.2) is 6.07 Å². The second-order valence-electron chi connectivity index (χ2n) is 4.64. The second kappa shape index (κ2) is 7.67. The van der Waals surface area contributed by atoms with Crippen molar-refractivity contribution in [3.63, 3.8) is 0 Å². The van der Waals surface area contributed by atoms with Crippen molar-refractivity contribution in [1.29, 1.82) is 0 Å². The van der Waals surface area contributed by atoms with E-state index in [4.69, 9.17) is 4.74 Å². The zero-order valence-corrected chi connectivity index (χ0v) is 12.3. The van der Waals surface area contributed by atoms with Gasteiger partial charge in [0.2, 0.25) is 0 Å². The van der Waals surface area contributed by atoms with Crippen LogP contribution in [0.2, 0.25) is 0 Å². The quantitative estimate of drug-likeness (QED) is 0.844. The van der Waals surface area contributed by atoms with Gasteiger partial charge in [0.25, 0.3) is 0 Å². The molecule has 6 heteroatoms. The summed E-state index contributed by atoms with van der Waals surface area (Å²) in [6.07, 6.45) is -2.01. The Bertz CT molecular complexity index is 396. The van der Waals surface area contributed by atoms with Gasteiger partial charge in [0.05, 0.1) is 12.3 Å². The number of hydrogen-bond acceptors (Lipinski definition) is 2. The van der Waals surface area contributed by atoms with Crippen LogP contribution in [0.5, 0.6) is 0 Å². The monoisotopic (exact) mass is 292 g/mol. The van der Waals surface area contributed by atoms with E-state index in [1.807, 2.05) is 13.8 Å². The number of alkyl halides is 3. The Labute approximate surface area is 118 Å². The van der Waals surface area contributed by atoms with Gasteiger partial charge in [-0.3, -0.25) is 4.68 Å². The van der Waals surface area contributed by atoms with E-state index in [1.165, 1.54) is 0 Å². The second-order valence-corrected chi connectivity index (χ2v) is 4.64. The molecular weight excluding hydrogens is 269 g/mol. The van der Waals surface area contributed by atoms with Gasteiger partial charge in [-0.1, -0.05) is 20.8 Å². The van der Waals surface area contributed by atoms with Crippen molar-refractivity contribution >= 4 is 0 Å². The third-order valence-electron chi connectivity index (χ3n) is 3.17. The molecule has 1 fully saturated rings. The number of ether oxygens (including phenoxy) is 1. The van der Waals surface area contributed by atoms with Gasteiger partial charge in [-0.2, -0.15) is 18.3 Å². The maximum Gasteiger partial charge on any atom is 0.433 e. The number of aryl methyl sites for hydroxylation is 1. The highest BCUT2D eigenvalue weighted by molar-refractivity contribution is 5.13. The summed E-state index contributed by atoms with van der Waals surface area (Å²) in [5.41, 5.74) is -0.163. The molecule has 0 aromatic carbocycles. The molecule has 0 radical (unpaired) electrons. The van der Waals surface area contributed by atoms with E-state index in [0.29, 0.717) is 25.3 Å². The summed E-state index contributed by atoms with van der Waals surface area (Å²) < 4.78 is 45.0. The average molecular weight is 292 g/mol. The van der Waals surface area contributed by atoms with Crippen LogP contribution in [0.1, 0.15) is 45.0 Å². The van der Waals surface area contributed by atoms with E-state index in [1.54, 1.807) is 6.92 Å². The first-order valence-corrected chi connectivity index (χ1v) is 7.22. The lowest BCUT2D eigenvalue weighted by Crippen LogP contribution is -2.25. The summed E-state index contributed by atoms with van der Waals surface area (Å²) in [6.45, 7) is 7.33. The lowest BCUT2D eigenvalue weighted by molar-refractivity contribution is -0.144. The fourth-order valence-corrected chi connectivity index (χ4v) is 2.21. The molecule has 0 aliphatic carbocycles. The molecule has 0 saturated carbocycles. The van der Waals surface area contributed by atoms with Gasteiger partial charge >= 0.3 is 6.18 Å². The fourth-order valence-electron chi connectivity index (χ4n) is 2.21.